The van der Waals surface area contributed by atoms with Gasteiger partial charge in [-0.15, -0.1) is 0 Å². The van der Waals surface area contributed by atoms with Gasteiger partial charge < -0.3 is 14.8 Å². The van der Waals surface area contributed by atoms with Crippen molar-refractivity contribution in [3.05, 3.63) is 60.2 Å². The third-order valence-corrected chi connectivity index (χ3v) is 3.37. The molecule has 1 aliphatic rings. The van der Waals surface area contributed by atoms with Gasteiger partial charge in [0.2, 0.25) is 0 Å². The highest BCUT2D eigenvalue weighted by Gasteiger charge is 2.19. The molecule has 20 heavy (non-hydrogen) atoms. The number of fused-ring (bicyclic) bond motifs is 1. The van der Waals surface area contributed by atoms with E-state index in [-0.39, 0.29) is 6.10 Å². The summed E-state index contributed by atoms with van der Waals surface area (Å²) in [6, 6.07) is 18.3. The molecular formula is C17H19NO2. The summed E-state index contributed by atoms with van der Waals surface area (Å²) in [4.78, 5) is 0. The van der Waals surface area contributed by atoms with Gasteiger partial charge in [0.05, 0.1) is 0 Å². The first kappa shape index (κ1) is 13.0. The number of benzene rings is 2. The van der Waals surface area contributed by atoms with E-state index in [9.17, 15) is 0 Å². The van der Waals surface area contributed by atoms with Gasteiger partial charge in [-0.25, -0.2) is 0 Å². The van der Waals surface area contributed by atoms with Crippen LogP contribution in [0.5, 0.6) is 11.5 Å². The third kappa shape index (κ3) is 3.31. The van der Waals surface area contributed by atoms with Gasteiger partial charge >= 0.3 is 0 Å². The Kier molecular flexibility index (Phi) is 4.19. The smallest absolute Gasteiger partial charge is 0.161 e. The second-order valence-electron chi connectivity index (χ2n) is 4.94. The lowest BCUT2D eigenvalue weighted by Crippen LogP contribution is -2.39. The predicted octanol–water partition coefficient (Wildman–Crippen LogP) is 2.66. The first-order valence-electron chi connectivity index (χ1n) is 7.05. The zero-order valence-corrected chi connectivity index (χ0v) is 11.4. The first-order chi connectivity index (χ1) is 9.92. The second kappa shape index (κ2) is 6.44. The summed E-state index contributed by atoms with van der Waals surface area (Å²) >= 11 is 0. The summed E-state index contributed by atoms with van der Waals surface area (Å²) in [5, 5.41) is 3.43. The molecule has 0 unspecified atom stereocenters. The van der Waals surface area contributed by atoms with Crippen molar-refractivity contribution < 1.29 is 9.47 Å². The third-order valence-electron chi connectivity index (χ3n) is 3.37. The molecule has 0 aliphatic carbocycles. The minimum absolute atomic E-state index is 0.0840. The Bertz CT molecular complexity index is 542. The Morgan fingerprint density at radius 1 is 0.950 bits per heavy atom. The van der Waals surface area contributed by atoms with Crippen LogP contribution in [0.15, 0.2) is 54.6 Å². The van der Waals surface area contributed by atoms with E-state index < -0.39 is 0 Å². The van der Waals surface area contributed by atoms with Crippen molar-refractivity contribution in [3.8, 4) is 11.5 Å². The van der Waals surface area contributed by atoms with Crippen LogP contribution in [0.25, 0.3) is 0 Å². The Hall–Kier alpha value is -2.00. The molecule has 3 nitrogen and oxygen atoms in total. The molecule has 0 fully saturated rings. The number of rotatable bonds is 5. The maximum absolute atomic E-state index is 5.90. The van der Waals surface area contributed by atoms with E-state index >= 15 is 0 Å². The van der Waals surface area contributed by atoms with Crippen molar-refractivity contribution in [2.75, 3.05) is 19.7 Å². The molecule has 3 rings (SSSR count). The normalized spacial score (nSPS) is 16.9. The maximum atomic E-state index is 5.90. The number of hydrogen-bond donors (Lipinski definition) is 1. The number of nitrogens with one attached hydrogen (secondary N) is 1. The molecule has 1 heterocycles. The number of ether oxygens (including phenoxy) is 2. The monoisotopic (exact) mass is 269 g/mol. The van der Waals surface area contributed by atoms with Gasteiger partial charge in [-0.2, -0.15) is 0 Å². The molecule has 0 bridgehead atoms. The standard InChI is InChI=1S/C17H19NO2/c1-2-6-14(7-3-1)10-11-18-12-15-13-19-16-8-4-5-9-17(16)20-15/h1-9,15,18H,10-13H2/t15-/m1/s1. The second-order valence-corrected chi connectivity index (χ2v) is 4.94. The molecule has 2 aromatic carbocycles. The van der Waals surface area contributed by atoms with Crippen LogP contribution in [0.2, 0.25) is 0 Å². The van der Waals surface area contributed by atoms with Crippen molar-refractivity contribution in [2.24, 2.45) is 0 Å². The minimum atomic E-state index is 0.0840. The van der Waals surface area contributed by atoms with Gasteiger partial charge in [0.1, 0.15) is 12.7 Å². The molecule has 0 saturated carbocycles. The van der Waals surface area contributed by atoms with Crippen LogP contribution in [0, 0.1) is 0 Å². The topological polar surface area (TPSA) is 30.5 Å². The average Bonchev–Trinajstić information content (AvgIpc) is 2.52. The lowest BCUT2D eigenvalue weighted by Gasteiger charge is -2.26. The van der Waals surface area contributed by atoms with Crippen molar-refractivity contribution in [2.45, 2.75) is 12.5 Å². The highest BCUT2D eigenvalue weighted by Crippen LogP contribution is 2.30. The minimum Gasteiger partial charge on any atom is -0.486 e. The lowest BCUT2D eigenvalue weighted by atomic mass is 10.1. The first-order valence-corrected chi connectivity index (χ1v) is 7.05. The van der Waals surface area contributed by atoms with Crippen LogP contribution >= 0.6 is 0 Å². The summed E-state index contributed by atoms with van der Waals surface area (Å²) in [5.41, 5.74) is 1.35. The Morgan fingerprint density at radius 3 is 2.55 bits per heavy atom. The zero-order valence-electron chi connectivity index (χ0n) is 11.4. The van der Waals surface area contributed by atoms with Gasteiger partial charge in [0.25, 0.3) is 0 Å². The van der Waals surface area contributed by atoms with E-state index in [4.69, 9.17) is 9.47 Å². The van der Waals surface area contributed by atoms with E-state index in [2.05, 4.69) is 29.6 Å². The van der Waals surface area contributed by atoms with Gasteiger partial charge in [-0.1, -0.05) is 42.5 Å². The van der Waals surface area contributed by atoms with Crippen molar-refractivity contribution in [1.82, 2.24) is 5.32 Å². The summed E-state index contributed by atoms with van der Waals surface area (Å²) in [6.45, 7) is 2.36. The van der Waals surface area contributed by atoms with E-state index in [1.165, 1.54) is 5.56 Å². The number of hydrogen-bond acceptors (Lipinski definition) is 3. The highest BCUT2D eigenvalue weighted by molar-refractivity contribution is 5.40. The van der Waals surface area contributed by atoms with Crippen molar-refractivity contribution >= 4 is 0 Å². The fourth-order valence-corrected chi connectivity index (χ4v) is 2.30. The molecule has 3 heteroatoms. The molecular weight excluding hydrogens is 250 g/mol. The van der Waals surface area contributed by atoms with Crippen LogP contribution < -0.4 is 14.8 Å². The Morgan fingerprint density at radius 2 is 1.70 bits per heavy atom. The van der Waals surface area contributed by atoms with Crippen LogP contribution in [0.4, 0.5) is 0 Å². The quantitative estimate of drug-likeness (QED) is 0.847. The summed E-state index contributed by atoms with van der Waals surface area (Å²) in [6.07, 6.45) is 1.12. The van der Waals surface area contributed by atoms with Gasteiger partial charge in [-0.05, 0) is 30.7 Å². The van der Waals surface area contributed by atoms with Gasteiger partial charge in [-0.3, -0.25) is 0 Å². The summed E-state index contributed by atoms with van der Waals surface area (Å²) in [5.74, 6) is 1.68. The molecule has 1 atom stereocenters. The SMILES string of the molecule is c1ccc(CCNC[C@@H]2COc3ccccc3O2)cc1. The van der Waals surface area contributed by atoms with Crippen molar-refractivity contribution in [1.29, 1.82) is 0 Å². The maximum Gasteiger partial charge on any atom is 0.161 e. The molecule has 2 aromatic rings. The molecule has 0 amide bonds. The fraction of sp³-hybridized carbons (Fsp3) is 0.294. The molecule has 1 N–H and O–H groups in total. The van der Waals surface area contributed by atoms with Crippen LogP contribution in [0.3, 0.4) is 0 Å². The zero-order chi connectivity index (χ0) is 13.6. The van der Waals surface area contributed by atoms with Gasteiger partial charge in [0, 0.05) is 6.54 Å². The number of para-hydroxylation sites is 2. The van der Waals surface area contributed by atoms with Crippen LogP contribution in [-0.4, -0.2) is 25.8 Å². The van der Waals surface area contributed by atoms with E-state index in [1.807, 2.05) is 30.3 Å². The average molecular weight is 269 g/mol. The largest absolute Gasteiger partial charge is 0.486 e. The van der Waals surface area contributed by atoms with E-state index in [0.717, 1.165) is 31.0 Å². The molecule has 0 radical (unpaired) electrons. The fourth-order valence-electron chi connectivity index (χ4n) is 2.30. The van der Waals surface area contributed by atoms with E-state index in [0.29, 0.717) is 6.61 Å². The summed E-state index contributed by atoms with van der Waals surface area (Å²) in [7, 11) is 0. The van der Waals surface area contributed by atoms with E-state index in [1.54, 1.807) is 0 Å². The molecule has 0 aromatic heterocycles. The molecule has 0 spiro atoms. The summed E-state index contributed by atoms with van der Waals surface area (Å²) < 4.78 is 11.6. The van der Waals surface area contributed by atoms with Gasteiger partial charge in [0.15, 0.2) is 11.5 Å². The Balaban J connectivity index is 1.42. The van der Waals surface area contributed by atoms with Crippen LogP contribution in [-0.2, 0) is 6.42 Å². The highest BCUT2D eigenvalue weighted by atomic mass is 16.6. The van der Waals surface area contributed by atoms with Crippen LogP contribution in [0.1, 0.15) is 5.56 Å². The lowest BCUT2D eigenvalue weighted by molar-refractivity contribution is 0.0906. The molecule has 104 valence electrons. The van der Waals surface area contributed by atoms with Crippen molar-refractivity contribution in [3.63, 3.8) is 0 Å². The molecule has 1 aliphatic heterocycles. The Labute approximate surface area is 119 Å². The molecule has 0 saturated heterocycles. The predicted molar refractivity (Wildman–Crippen MR) is 79.4 cm³/mol.